The molecule has 0 saturated heterocycles. The molecule has 0 heterocycles. The van der Waals surface area contributed by atoms with Crippen molar-refractivity contribution in [3.8, 4) is 0 Å². The van der Waals surface area contributed by atoms with Crippen LogP contribution in [0.2, 0.25) is 0 Å². The lowest BCUT2D eigenvalue weighted by molar-refractivity contribution is -0.161. The van der Waals surface area contributed by atoms with Crippen LogP contribution in [0.1, 0.15) is 465 Å². The van der Waals surface area contributed by atoms with E-state index in [1.807, 2.05) is 0 Å². The van der Waals surface area contributed by atoms with E-state index in [-0.39, 0.29) is 25.7 Å². The predicted octanol–water partition coefficient (Wildman–Crippen LogP) is 26.4. The van der Waals surface area contributed by atoms with E-state index >= 15 is 0 Å². The zero-order valence-corrected chi connectivity index (χ0v) is 70.7. The fraction of sp³-hybridized carbons (Fsp3) is 0.953. The zero-order chi connectivity index (χ0) is 76.9. The normalized spacial score (nSPS) is 14.0. The van der Waals surface area contributed by atoms with Gasteiger partial charge in [0.2, 0.25) is 0 Å². The number of ether oxygens (including phenoxy) is 4. The highest BCUT2D eigenvalue weighted by Crippen LogP contribution is 2.45. The standard InChI is InChI=1S/C86H168O17P2/c1-6-10-13-16-19-22-25-28-31-34-36-37-40-43-46-49-52-55-62-66-71-85(90)102-81(75-96-83(88)69-64-59-53-50-47-44-41-39-35-32-29-26-23-20-17-14-11-7-2)77-100-104(92,93)98-73-80(87)74-99-105(94,95)101-78-82(76-97-84(89)70-65-60-57-56-58-63-68-79(5)9-4)103-86(91)72-67-61-54-51-48-45-42-38-33-30-27-24-21-18-15-12-8-3/h79-82,87H,6-78H2,1-5H3,(H,92,93)(H,94,95)/t79?,80-,81-,82-/m1/s1. The first-order valence-electron chi connectivity index (χ1n) is 44.7. The van der Waals surface area contributed by atoms with Crippen molar-refractivity contribution < 1.29 is 80.2 Å². The number of rotatable bonds is 86. The summed E-state index contributed by atoms with van der Waals surface area (Å²) in [5.74, 6) is -1.37. The highest BCUT2D eigenvalue weighted by molar-refractivity contribution is 7.47. The van der Waals surface area contributed by atoms with Crippen molar-refractivity contribution in [2.75, 3.05) is 39.6 Å². The van der Waals surface area contributed by atoms with E-state index in [1.54, 1.807) is 0 Å². The van der Waals surface area contributed by atoms with Gasteiger partial charge in [-0.15, -0.1) is 0 Å². The molecule has 0 aliphatic carbocycles. The Hall–Kier alpha value is -1.94. The number of unbranched alkanes of at least 4 members (excludes halogenated alkanes) is 57. The first kappa shape index (κ1) is 103. The van der Waals surface area contributed by atoms with Gasteiger partial charge >= 0.3 is 39.5 Å². The van der Waals surface area contributed by atoms with Crippen LogP contribution in [-0.4, -0.2) is 96.7 Å². The average Bonchev–Trinajstić information content (AvgIpc) is 0.950. The molecule has 0 bridgehead atoms. The van der Waals surface area contributed by atoms with Crippen molar-refractivity contribution >= 4 is 39.5 Å². The van der Waals surface area contributed by atoms with Gasteiger partial charge in [-0.1, -0.05) is 413 Å². The minimum Gasteiger partial charge on any atom is -0.462 e. The molecule has 0 aliphatic rings. The second-order valence-corrected chi connectivity index (χ2v) is 34.1. The minimum atomic E-state index is -4.97. The predicted molar refractivity (Wildman–Crippen MR) is 432 cm³/mol. The third-order valence-corrected chi connectivity index (χ3v) is 22.5. The van der Waals surface area contributed by atoms with E-state index in [4.69, 9.17) is 37.0 Å². The summed E-state index contributed by atoms with van der Waals surface area (Å²) in [5, 5.41) is 10.7. The SMILES string of the molecule is CCCCCCCCCCCCCCCCCCCCCCC(=O)O[C@H](COC(=O)CCCCCCCCCCCCCCCCCCCC)COP(=O)(O)OC[C@@H](O)COP(=O)(O)OC[C@@H](COC(=O)CCCCCCCCC(C)CC)OC(=O)CCCCCCCCCCCCCCCCCCC. The van der Waals surface area contributed by atoms with Crippen molar-refractivity contribution in [2.24, 2.45) is 5.92 Å². The van der Waals surface area contributed by atoms with Crippen molar-refractivity contribution in [1.29, 1.82) is 0 Å². The number of carbonyl (C=O) groups is 4. The van der Waals surface area contributed by atoms with Crippen LogP contribution in [-0.2, 0) is 65.4 Å². The van der Waals surface area contributed by atoms with Gasteiger partial charge in [-0.3, -0.25) is 37.3 Å². The molecular formula is C86H168O17P2. The van der Waals surface area contributed by atoms with Crippen LogP contribution in [0.5, 0.6) is 0 Å². The van der Waals surface area contributed by atoms with Crippen LogP contribution in [0.25, 0.3) is 0 Å². The fourth-order valence-electron chi connectivity index (χ4n) is 13.4. The van der Waals surface area contributed by atoms with Gasteiger partial charge in [-0.2, -0.15) is 0 Å². The molecule has 0 radical (unpaired) electrons. The summed E-state index contributed by atoms with van der Waals surface area (Å²) in [6, 6.07) is 0. The molecule has 0 aromatic heterocycles. The quantitative estimate of drug-likeness (QED) is 0.0222. The van der Waals surface area contributed by atoms with Crippen LogP contribution < -0.4 is 0 Å². The number of hydrogen-bond donors (Lipinski definition) is 3. The van der Waals surface area contributed by atoms with Crippen molar-refractivity contribution in [3.63, 3.8) is 0 Å². The van der Waals surface area contributed by atoms with Crippen LogP contribution in [0, 0.1) is 5.92 Å². The van der Waals surface area contributed by atoms with Gasteiger partial charge in [0.15, 0.2) is 12.2 Å². The second kappa shape index (κ2) is 78.7. The van der Waals surface area contributed by atoms with E-state index in [2.05, 4.69) is 34.6 Å². The molecule has 624 valence electrons. The average molecular weight is 1540 g/mol. The summed E-state index contributed by atoms with van der Waals surface area (Å²) in [4.78, 5) is 73.2. The molecule has 6 atom stereocenters. The monoisotopic (exact) mass is 1540 g/mol. The lowest BCUT2D eigenvalue weighted by Crippen LogP contribution is -2.30. The molecule has 19 heteroatoms. The lowest BCUT2D eigenvalue weighted by Gasteiger charge is -2.21. The Morgan fingerprint density at radius 1 is 0.267 bits per heavy atom. The topological polar surface area (TPSA) is 237 Å². The van der Waals surface area contributed by atoms with E-state index in [0.717, 1.165) is 102 Å². The van der Waals surface area contributed by atoms with Crippen LogP contribution >= 0.6 is 15.6 Å². The molecule has 0 amide bonds. The molecule has 0 saturated carbocycles. The highest BCUT2D eigenvalue weighted by Gasteiger charge is 2.30. The third-order valence-electron chi connectivity index (χ3n) is 20.6. The summed E-state index contributed by atoms with van der Waals surface area (Å²) in [5.41, 5.74) is 0. The largest absolute Gasteiger partial charge is 0.472 e. The third kappa shape index (κ3) is 78.5. The molecule has 0 aromatic carbocycles. The Kier molecular flexibility index (Phi) is 77.3. The number of aliphatic hydroxyl groups excluding tert-OH is 1. The number of hydrogen-bond acceptors (Lipinski definition) is 15. The Labute approximate surface area is 645 Å². The van der Waals surface area contributed by atoms with Crippen molar-refractivity contribution in [3.05, 3.63) is 0 Å². The van der Waals surface area contributed by atoms with Gasteiger partial charge in [0.05, 0.1) is 26.4 Å². The van der Waals surface area contributed by atoms with Crippen LogP contribution in [0.15, 0.2) is 0 Å². The molecule has 0 aromatic rings. The number of phosphoric acid groups is 2. The van der Waals surface area contributed by atoms with Crippen molar-refractivity contribution in [1.82, 2.24) is 0 Å². The van der Waals surface area contributed by atoms with Gasteiger partial charge in [-0.25, -0.2) is 9.13 Å². The van der Waals surface area contributed by atoms with E-state index < -0.39 is 97.5 Å². The minimum absolute atomic E-state index is 0.108. The summed E-state index contributed by atoms with van der Waals surface area (Å²) >= 11 is 0. The fourth-order valence-corrected chi connectivity index (χ4v) is 15.0. The number of phosphoric ester groups is 2. The van der Waals surface area contributed by atoms with E-state index in [1.165, 1.54) is 283 Å². The van der Waals surface area contributed by atoms with Gasteiger partial charge < -0.3 is 33.8 Å². The maximum atomic E-state index is 13.1. The molecular weight excluding hydrogens is 1370 g/mol. The first-order valence-corrected chi connectivity index (χ1v) is 47.7. The van der Waals surface area contributed by atoms with E-state index in [0.29, 0.717) is 25.7 Å². The van der Waals surface area contributed by atoms with Gasteiger partial charge in [-0.05, 0) is 31.6 Å². The highest BCUT2D eigenvalue weighted by atomic mass is 31.2. The van der Waals surface area contributed by atoms with Crippen LogP contribution in [0.4, 0.5) is 0 Å². The Morgan fingerprint density at radius 2 is 0.457 bits per heavy atom. The zero-order valence-electron chi connectivity index (χ0n) is 68.9. The Bertz CT molecular complexity index is 2000. The molecule has 105 heavy (non-hydrogen) atoms. The molecule has 0 aliphatic heterocycles. The summed E-state index contributed by atoms with van der Waals surface area (Å²) in [7, 11) is -9.93. The molecule has 0 rings (SSSR count). The summed E-state index contributed by atoms with van der Waals surface area (Å²) in [6.07, 6.45) is 72.3. The summed E-state index contributed by atoms with van der Waals surface area (Å²) < 4.78 is 68.9. The van der Waals surface area contributed by atoms with E-state index in [9.17, 15) is 43.2 Å². The number of esters is 4. The van der Waals surface area contributed by atoms with Gasteiger partial charge in [0.1, 0.15) is 19.3 Å². The Balaban J connectivity index is 5.23. The molecule has 3 unspecified atom stereocenters. The van der Waals surface area contributed by atoms with Gasteiger partial charge in [0.25, 0.3) is 0 Å². The molecule has 0 fully saturated rings. The number of carbonyl (C=O) groups excluding carboxylic acids is 4. The first-order chi connectivity index (χ1) is 51.1. The molecule has 3 N–H and O–H groups in total. The molecule has 17 nitrogen and oxygen atoms in total. The Morgan fingerprint density at radius 3 is 0.676 bits per heavy atom. The van der Waals surface area contributed by atoms with Crippen LogP contribution in [0.3, 0.4) is 0 Å². The maximum Gasteiger partial charge on any atom is 0.472 e. The van der Waals surface area contributed by atoms with Gasteiger partial charge in [0, 0.05) is 25.7 Å². The summed E-state index contributed by atoms with van der Waals surface area (Å²) in [6.45, 7) is 7.33. The second-order valence-electron chi connectivity index (χ2n) is 31.2. The lowest BCUT2D eigenvalue weighted by atomic mass is 10.00. The van der Waals surface area contributed by atoms with Crippen molar-refractivity contribution in [2.45, 2.75) is 483 Å². The molecule has 0 spiro atoms. The smallest absolute Gasteiger partial charge is 0.462 e. The maximum absolute atomic E-state index is 13.1. The number of aliphatic hydroxyl groups is 1.